The van der Waals surface area contributed by atoms with Crippen molar-refractivity contribution >= 4 is 32.6 Å². The molecule has 0 atom stereocenters. The third-order valence-electron chi connectivity index (χ3n) is 2.57. The molecule has 6 heteroatoms. The van der Waals surface area contributed by atoms with E-state index in [1.165, 1.54) is 13.1 Å². The number of rotatable bonds is 2. The second kappa shape index (κ2) is 4.42. The monoisotopic (exact) mass is 319 g/mol. The molecular formula is C12H9BrF3NO. The molecule has 1 aromatic heterocycles. The second-order valence-corrected chi connectivity index (χ2v) is 4.92. The molecule has 0 bridgehead atoms. The van der Waals surface area contributed by atoms with Crippen LogP contribution in [0.3, 0.4) is 0 Å². The van der Waals surface area contributed by atoms with E-state index in [1.54, 1.807) is 18.2 Å². The lowest BCUT2D eigenvalue weighted by atomic mass is 10.1. The lowest BCUT2D eigenvalue weighted by molar-refractivity contribution is -0.139. The quantitative estimate of drug-likeness (QED) is 0.761. The molecule has 0 aliphatic heterocycles. The summed E-state index contributed by atoms with van der Waals surface area (Å²) in [7, 11) is 0. The van der Waals surface area contributed by atoms with Gasteiger partial charge in [-0.15, -0.1) is 0 Å². The van der Waals surface area contributed by atoms with Gasteiger partial charge < -0.3 is 4.57 Å². The molecule has 0 spiro atoms. The summed E-state index contributed by atoms with van der Waals surface area (Å²) in [5, 5.41) is 0.529. The van der Waals surface area contributed by atoms with Gasteiger partial charge in [0.15, 0.2) is 5.78 Å². The number of Topliss-reactive ketones (excluding diaryl/α,β-unsaturated/α-hetero) is 1. The van der Waals surface area contributed by atoms with Crippen LogP contribution in [-0.4, -0.2) is 16.5 Å². The Morgan fingerprint density at radius 3 is 2.61 bits per heavy atom. The molecular weight excluding hydrogens is 311 g/mol. The molecule has 0 fully saturated rings. The zero-order chi connectivity index (χ0) is 13.5. The maximum absolute atomic E-state index is 12.4. The van der Waals surface area contributed by atoms with Gasteiger partial charge in [-0.25, -0.2) is 0 Å². The molecule has 0 aliphatic carbocycles. The smallest absolute Gasteiger partial charge is 0.338 e. The molecule has 0 unspecified atom stereocenters. The molecule has 0 saturated heterocycles. The molecule has 0 saturated carbocycles. The SMILES string of the molecule is CC(=O)c1cn(CC(F)(F)F)c2ccc(Br)cc12. The summed E-state index contributed by atoms with van der Waals surface area (Å²) >= 11 is 3.24. The van der Waals surface area contributed by atoms with Gasteiger partial charge in [-0.2, -0.15) is 13.2 Å². The number of fused-ring (bicyclic) bond motifs is 1. The minimum absolute atomic E-state index is 0.251. The van der Waals surface area contributed by atoms with E-state index < -0.39 is 12.7 Å². The van der Waals surface area contributed by atoms with Gasteiger partial charge in [0.05, 0.1) is 0 Å². The Morgan fingerprint density at radius 1 is 1.39 bits per heavy atom. The number of nitrogens with zero attached hydrogens (tertiary/aromatic N) is 1. The van der Waals surface area contributed by atoms with Crippen LogP contribution >= 0.6 is 15.9 Å². The Bertz CT molecular complexity index is 616. The van der Waals surface area contributed by atoms with Gasteiger partial charge in [0.25, 0.3) is 0 Å². The fourth-order valence-corrected chi connectivity index (χ4v) is 2.23. The largest absolute Gasteiger partial charge is 0.406 e. The maximum atomic E-state index is 12.4. The zero-order valence-corrected chi connectivity index (χ0v) is 11.0. The van der Waals surface area contributed by atoms with Crippen molar-refractivity contribution in [3.63, 3.8) is 0 Å². The number of hydrogen-bond acceptors (Lipinski definition) is 1. The van der Waals surface area contributed by atoms with Crippen LogP contribution in [0.2, 0.25) is 0 Å². The van der Waals surface area contributed by atoms with E-state index in [2.05, 4.69) is 15.9 Å². The highest BCUT2D eigenvalue weighted by atomic mass is 79.9. The number of carbonyl (C=O) groups is 1. The number of ketones is 1. The Kier molecular flexibility index (Phi) is 3.23. The van der Waals surface area contributed by atoms with Crippen LogP contribution in [0.1, 0.15) is 17.3 Å². The van der Waals surface area contributed by atoms with Crippen LogP contribution in [0, 0.1) is 0 Å². The van der Waals surface area contributed by atoms with Crippen molar-refractivity contribution in [2.45, 2.75) is 19.6 Å². The van der Waals surface area contributed by atoms with Crippen molar-refractivity contribution in [2.75, 3.05) is 0 Å². The average Bonchev–Trinajstić information content (AvgIpc) is 2.54. The molecule has 0 aliphatic rings. The molecule has 96 valence electrons. The number of halogens is 4. The average molecular weight is 320 g/mol. The lowest BCUT2D eigenvalue weighted by Gasteiger charge is -2.08. The van der Waals surface area contributed by atoms with E-state index in [4.69, 9.17) is 0 Å². The Hall–Kier alpha value is -1.30. The van der Waals surface area contributed by atoms with Crippen molar-refractivity contribution in [3.8, 4) is 0 Å². The first-order chi connectivity index (χ1) is 8.28. The number of carbonyl (C=O) groups excluding carboxylic acids is 1. The van der Waals surface area contributed by atoms with Gasteiger partial charge in [0.1, 0.15) is 6.54 Å². The first-order valence-electron chi connectivity index (χ1n) is 5.14. The fraction of sp³-hybridized carbons (Fsp3) is 0.250. The normalized spacial score (nSPS) is 12.1. The number of benzene rings is 1. The third kappa shape index (κ3) is 2.58. The summed E-state index contributed by atoms with van der Waals surface area (Å²) < 4.78 is 39.1. The highest BCUT2D eigenvalue weighted by Gasteiger charge is 2.29. The summed E-state index contributed by atoms with van der Waals surface area (Å²) in [5.41, 5.74) is 0.705. The van der Waals surface area contributed by atoms with Gasteiger partial charge >= 0.3 is 6.18 Å². The second-order valence-electron chi connectivity index (χ2n) is 4.00. The zero-order valence-electron chi connectivity index (χ0n) is 9.38. The van der Waals surface area contributed by atoms with Crippen molar-refractivity contribution in [2.24, 2.45) is 0 Å². The van der Waals surface area contributed by atoms with Crippen molar-refractivity contribution in [3.05, 3.63) is 34.4 Å². The van der Waals surface area contributed by atoms with Crippen LogP contribution < -0.4 is 0 Å². The Balaban J connectivity index is 2.65. The van der Waals surface area contributed by atoms with E-state index in [0.717, 1.165) is 9.04 Å². The molecule has 0 N–H and O–H groups in total. The van der Waals surface area contributed by atoms with E-state index in [1.807, 2.05) is 0 Å². The Morgan fingerprint density at radius 2 is 2.06 bits per heavy atom. The van der Waals surface area contributed by atoms with Gasteiger partial charge in [-0.1, -0.05) is 15.9 Å². The molecule has 2 rings (SSSR count). The predicted octanol–water partition coefficient (Wildman–Crippen LogP) is 4.17. The third-order valence-corrected chi connectivity index (χ3v) is 3.07. The highest BCUT2D eigenvalue weighted by molar-refractivity contribution is 9.10. The minimum Gasteiger partial charge on any atom is -0.338 e. The Labute approximate surface area is 110 Å². The summed E-state index contributed by atoms with van der Waals surface area (Å²) in [6, 6.07) is 4.87. The van der Waals surface area contributed by atoms with Crippen LogP contribution in [-0.2, 0) is 6.54 Å². The number of aromatic nitrogens is 1. The summed E-state index contributed by atoms with van der Waals surface area (Å²) in [6.45, 7) is 0.242. The van der Waals surface area contributed by atoms with Crippen LogP contribution in [0.25, 0.3) is 10.9 Å². The molecule has 18 heavy (non-hydrogen) atoms. The standard InChI is InChI=1S/C12H9BrF3NO/c1-7(18)10-5-17(6-12(14,15)16)11-3-2-8(13)4-9(10)11/h2-5H,6H2,1H3. The fourth-order valence-electron chi connectivity index (χ4n) is 1.87. The molecule has 0 radical (unpaired) electrons. The molecule has 1 heterocycles. The van der Waals surface area contributed by atoms with Crippen molar-refractivity contribution < 1.29 is 18.0 Å². The van der Waals surface area contributed by atoms with E-state index in [9.17, 15) is 18.0 Å². The maximum Gasteiger partial charge on any atom is 0.406 e. The van der Waals surface area contributed by atoms with Gasteiger partial charge in [-0.3, -0.25) is 4.79 Å². The van der Waals surface area contributed by atoms with Gasteiger partial charge in [0.2, 0.25) is 0 Å². The first-order valence-corrected chi connectivity index (χ1v) is 5.93. The molecule has 2 aromatic rings. The highest BCUT2D eigenvalue weighted by Crippen LogP contribution is 2.28. The van der Waals surface area contributed by atoms with E-state index in [0.29, 0.717) is 16.5 Å². The van der Waals surface area contributed by atoms with Gasteiger partial charge in [-0.05, 0) is 25.1 Å². The van der Waals surface area contributed by atoms with E-state index >= 15 is 0 Å². The van der Waals surface area contributed by atoms with Gasteiger partial charge in [0, 0.05) is 27.1 Å². The summed E-state index contributed by atoms with van der Waals surface area (Å²) in [6.07, 6.45) is -3.06. The van der Waals surface area contributed by atoms with E-state index in [-0.39, 0.29) is 5.78 Å². The van der Waals surface area contributed by atoms with Crippen LogP contribution in [0.4, 0.5) is 13.2 Å². The lowest BCUT2D eigenvalue weighted by Crippen LogP contribution is -2.16. The summed E-state index contributed by atoms with van der Waals surface area (Å²) in [5.74, 6) is -0.251. The number of alkyl halides is 3. The first kappa shape index (κ1) is 13.1. The van der Waals surface area contributed by atoms with Crippen molar-refractivity contribution in [1.82, 2.24) is 4.57 Å². The molecule has 2 nitrogen and oxygen atoms in total. The summed E-state index contributed by atoms with van der Waals surface area (Å²) in [4.78, 5) is 11.4. The minimum atomic E-state index is -4.31. The number of hydrogen-bond donors (Lipinski definition) is 0. The molecule has 1 aromatic carbocycles. The molecule has 0 amide bonds. The van der Waals surface area contributed by atoms with Crippen molar-refractivity contribution in [1.29, 1.82) is 0 Å². The topological polar surface area (TPSA) is 22.0 Å². The van der Waals surface area contributed by atoms with Crippen LogP contribution in [0.5, 0.6) is 0 Å². The van der Waals surface area contributed by atoms with Crippen LogP contribution in [0.15, 0.2) is 28.9 Å². The predicted molar refractivity (Wildman–Crippen MR) is 65.7 cm³/mol.